The summed E-state index contributed by atoms with van der Waals surface area (Å²) in [6.07, 6.45) is 1.38. The topological polar surface area (TPSA) is 21.7 Å². The van der Waals surface area contributed by atoms with Crippen LogP contribution in [0.15, 0.2) is 0 Å². The third kappa shape index (κ3) is 18.4. The molecule has 0 aromatic carbocycles. The maximum atomic E-state index is 5.40. The van der Waals surface area contributed by atoms with E-state index < -0.39 is 0 Å². The van der Waals surface area contributed by atoms with E-state index in [-0.39, 0.29) is 17.0 Å². The van der Waals surface area contributed by atoms with Gasteiger partial charge in [0.05, 0.1) is 13.2 Å². The SMILES string of the molecule is CCC[SiH3].CCON(CCl)OCC.[SiH4]. The first-order valence-corrected chi connectivity index (χ1v) is 6.80. The molecule has 0 spiro atoms. The molecule has 0 bridgehead atoms. The van der Waals surface area contributed by atoms with Crippen molar-refractivity contribution in [2.45, 2.75) is 33.2 Å². The zero-order valence-electron chi connectivity index (χ0n) is 9.18. The molecule has 0 amide bonds. The molecular formula is C8H26ClNO2Si2. The lowest BCUT2D eigenvalue weighted by Gasteiger charge is -2.15. The van der Waals surface area contributed by atoms with E-state index in [2.05, 4.69) is 6.92 Å². The summed E-state index contributed by atoms with van der Waals surface area (Å²) in [5, 5.41) is 1.25. The van der Waals surface area contributed by atoms with Crippen molar-refractivity contribution < 1.29 is 9.68 Å². The van der Waals surface area contributed by atoms with Crippen LogP contribution in [-0.2, 0) is 9.68 Å². The molecule has 0 aromatic rings. The molecule has 0 heterocycles. The van der Waals surface area contributed by atoms with Crippen LogP contribution in [0.2, 0.25) is 6.04 Å². The first kappa shape index (κ1) is 20.1. The molecule has 0 aromatic heterocycles. The lowest BCUT2D eigenvalue weighted by Crippen LogP contribution is -2.22. The Balaban J connectivity index is -0.000000209. The molecular weight excluding hydrogens is 234 g/mol. The fourth-order valence-electron chi connectivity index (χ4n) is 0.394. The third-order valence-corrected chi connectivity index (χ3v) is 2.34. The van der Waals surface area contributed by atoms with Crippen LogP contribution in [-0.4, -0.2) is 45.7 Å². The molecule has 0 aliphatic heterocycles. The van der Waals surface area contributed by atoms with Gasteiger partial charge in [-0.1, -0.05) is 24.6 Å². The molecule has 0 saturated carbocycles. The van der Waals surface area contributed by atoms with Crippen LogP contribution in [0.5, 0.6) is 0 Å². The highest BCUT2D eigenvalue weighted by atomic mass is 35.5. The molecule has 90 valence electrons. The number of alkyl halides is 1. The Kier molecular flexibility index (Phi) is 27.6. The van der Waals surface area contributed by atoms with Gasteiger partial charge in [0.2, 0.25) is 0 Å². The van der Waals surface area contributed by atoms with Crippen molar-refractivity contribution in [1.29, 1.82) is 0 Å². The summed E-state index contributed by atoms with van der Waals surface area (Å²) in [5.41, 5.74) is 0. The van der Waals surface area contributed by atoms with Gasteiger partial charge >= 0.3 is 0 Å². The maximum absolute atomic E-state index is 5.40. The van der Waals surface area contributed by atoms with E-state index in [0.29, 0.717) is 13.2 Å². The van der Waals surface area contributed by atoms with Crippen molar-refractivity contribution >= 4 is 32.8 Å². The Morgan fingerprint density at radius 3 is 1.64 bits per heavy atom. The monoisotopic (exact) mass is 259 g/mol. The normalized spacial score (nSPS) is 9.21. The highest BCUT2D eigenvalue weighted by Crippen LogP contribution is 1.93. The lowest BCUT2D eigenvalue weighted by molar-refractivity contribution is -0.354. The Morgan fingerprint density at radius 1 is 1.14 bits per heavy atom. The third-order valence-electron chi connectivity index (χ3n) is 1.14. The summed E-state index contributed by atoms with van der Waals surface area (Å²) in [4.78, 5) is 9.82. The second-order valence-electron chi connectivity index (χ2n) is 2.29. The average molecular weight is 260 g/mol. The van der Waals surface area contributed by atoms with Gasteiger partial charge in [0.15, 0.2) is 0 Å². The van der Waals surface area contributed by atoms with E-state index in [1.807, 2.05) is 13.8 Å². The van der Waals surface area contributed by atoms with Crippen molar-refractivity contribution in [3.8, 4) is 0 Å². The van der Waals surface area contributed by atoms with Crippen LogP contribution < -0.4 is 0 Å². The fraction of sp³-hybridized carbons (Fsp3) is 1.00. The van der Waals surface area contributed by atoms with E-state index in [9.17, 15) is 0 Å². The number of halogens is 1. The maximum Gasteiger partial charge on any atom is 0.126 e. The largest absolute Gasteiger partial charge is 0.273 e. The van der Waals surface area contributed by atoms with Gasteiger partial charge in [-0.05, 0) is 24.8 Å². The van der Waals surface area contributed by atoms with Crippen LogP contribution in [0.3, 0.4) is 0 Å². The van der Waals surface area contributed by atoms with Crippen LogP contribution in [0.1, 0.15) is 27.2 Å². The van der Waals surface area contributed by atoms with Crippen LogP contribution in [0, 0.1) is 0 Å². The molecule has 0 aliphatic rings. The first-order valence-electron chi connectivity index (χ1n) is 4.85. The molecule has 0 radical (unpaired) electrons. The fourth-order valence-corrected chi connectivity index (χ4v) is 0.532. The van der Waals surface area contributed by atoms with Gasteiger partial charge in [0.1, 0.15) is 6.00 Å². The minimum Gasteiger partial charge on any atom is -0.273 e. The molecule has 6 heteroatoms. The molecule has 0 rings (SSSR count). The Morgan fingerprint density at radius 2 is 1.50 bits per heavy atom. The summed E-state index contributed by atoms with van der Waals surface area (Å²) in [6, 6.07) is 1.70. The highest BCUT2D eigenvalue weighted by molar-refractivity contribution is 6.17. The van der Waals surface area contributed by atoms with Crippen LogP contribution >= 0.6 is 11.6 Å². The molecule has 0 aliphatic carbocycles. The number of nitrogens with zero attached hydrogens (tertiary/aromatic N) is 1. The highest BCUT2D eigenvalue weighted by Gasteiger charge is 1.98. The minimum atomic E-state index is 0. The van der Waals surface area contributed by atoms with Gasteiger partial charge in [0, 0.05) is 10.2 Å². The smallest absolute Gasteiger partial charge is 0.126 e. The van der Waals surface area contributed by atoms with Gasteiger partial charge in [0.25, 0.3) is 0 Å². The minimum absolute atomic E-state index is 0. The first-order chi connectivity index (χ1) is 6.26. The predicted octanol–water partition coefficient (Wildman–Crippen LogP) is 0.116. The molecule has 0 N–H and O–H groups in total. The second-order valence-corrected chi connectivity index (χ2v) is 3.53. The summed E-state index contributed by atoms with van der Waals surface area (Å²) in [6.45, 7) is 7.11. The van der Waals surface area contributed by atoms with Crippen molar-refractivity contribution in [3.63, 3.8) is 0 Å². The Labute approximate surface area is 100 Å². The predicted molar refractivity (Wildman–Crippen MR) is 72.2 cm³/mol. The molecule has 0 atom stereocenters. The van der Waals surface area contributed by atoms with Gasteiger partial charge < -0.3 is 0 Å². The average Bonchev–Trinajstić information content (AvgIpc) is 2.18. The zero-order valence-corrected chi connectivity index (χ0v) is 11.9. The van der Waals surface area contributed by atoms with Gasteiger partial charge in [-0.2, -0.15) is 0 Å². The summed E-state index contributed by atoms with van der Waals surface area (Å²) >= 11 is 5.40. The number of hydroxylamine groups is 2. The lowest BCUT2D eigenvalue weighted by atomic mass is 10.6. The zero-order chi connectivity index (χ0) is 10.5. The number of hydrogen-bond acceptors (Lipinski definition) is 3. The molecule has 3 nitrogen and oxygen atoms in total. The number of hydrogen-bond donors (Lipinski definition) is 0. The Hall–Kier alpha value is 0.604. The molecule has 0 fully saturated rings. The van der Waals surface area contributed by atoms with E-state index in [1.165, 1.54) is 27.9 Å². The molecule has 0 saturated heterocycles. The van der Waals surface area contributed by atoms with E-state index >= 15 is 0 Å². The number of rotatable bonds is 6. The van der Waals surface area contributed by atoms with E-state index in [4.69, 9.17) is 21.3 Å². The van der Waals surface area contributed by atoms with Crippen LogP contribution in [0.25, 0.3) is 0 Å². The van der Waals surface area contributed by atoms with Crippen molar-refractivity contribution in [2.24, 2.45) is 0 Å². The van der Waals surface area contributed by atoms with Crippen molar-refractivity contribution in [3.05, 3.63) is 0 Å². The van der Waals surface area contributed by atoms with Gasteiger partial charge in [-0.15, -0.1) is 11.6 Å². The van der Waals surface area contributed by atoms with Gasteiger partial charge in [-0.3, -0.25) is 9.68 Å². The summed E-state index contributed by atoms with van der Waals surface area (Å²) in [7, 11) is 1.39. The quantitative estimate of drug-likeness (QED) is 0.293. The second kappa shape index (κ2) is 19.2. The Bertz CT molecular complexity index is 83.7. The van der Waals surface area contributed by atoms with Crippen molar-refractivity contribution in [2.75, 3.05) is 19.2 Å². The van der Waals surface area contributed by atoms with Crippen molar-refractivity contribution in [1.82, 2.24) is 5.23 Å². The van der Waals surface area contributed by atoms with E-state index in [1.54, 1.807) is 0 Å². The molecule has 0 unspecified atom stereocenters. The van der Waals surface area contributed by atoms with E-state index in [0.717, 1.165) is 0 Å². The summed E-state index contributed by atoms with van der Waals surface area (Å²) < 4.78 is 0. The standard InChI is InChI=1S/C5H12ClNO2.C3H10Si.H4Si/c1-3-8-7(5-6)9-4-2;1-2-3-4;/h3-5H2,1-2H3;2-3H2,1,4H3;1H4. The van der Waals surface area contributed by atoms with Crippen LogP contribution in [0.4, 0.5) is 0 Å². The van der Waals surface area contributed by atoms with Gasteiger partial charge in [-0.25, -0.2) is 0 Å². The summed E-state index contributed by atoms with van der Waals surface area (Å²) in [5.74, 6) is 0. The molecule has 14 heavy (non-hydrogen) atoms.